The molecule has 3 rings (SSSR count). The second-order valence-corrected chi connectivity index (χ2v) is 7.79. The lowest BCUT2D eigenvalue weighted by molar-refractivity contribution is 0.186. The van der Waals surface area contributed by atoms with E-state index in [2.05, 4.69) is 24.1 Å². The number of hydrogen-bond donors (Lipinski definition) is 2. The van der Waals surface area contributed by atoms with Crippen LogP contribution in [0.1, 0.15) is 38.7 Å². The maximum atomic E-state index is 10.1. The first-order chi connectivity index (χ1) is 11.0. The van der Waals surface area contributed by atoms with Gasteiger partial charge in [-0.3, -0.25) is 0 Å². The van der Waals surface area contributed by atoms with Gasteiger partial charge >= 0.3 is 0 Å². The number of rotatable bonds is 5. The molecule has 0 amide bonds. The number of hydrogen-bond acceptors (Lipinski definition) is 4. The van der Waals surface area contributed by atoms with Crippen molar-refractivity contribution in [2.75, 3.05) is 32.7 Å². The van der Waals surface area contributed by atoms with Crippen molar-refractivity contribution < 1.29 is 9.84 Å². The maximum Gasteiger partial charge on any atom is 0.161 e. The SMILES string of the molecule is CC1(C)CCC(Oc2cc(CCN3CCNCC3)ccc2O)C1. The van der Waals surface area contributed by atoms with E-state index in [9.17, 15) is 5.11 Å². The second kappa shape index (κ2) is 7.10. The number of nitrogens with zero attached hydrogens (tertiary/aromatic N) is 1. The number of phenols is 1. The van der Waals surface area contributed by atoms with Crippen LogP contribution in [0.2, 0.25) is 0 Å². The highest BCUT2D eigenvalue weighted by Gasteiger charge is 2.32. The third-order valence-electron chi connectivity index (χ3n) is 5.17. The molecule has 23 heavy (non-hydrogen) atoms. The van der Waals surface area contributed by atoms with E-state index in [1.807, 2.05) is 12.1 Å². The Labute approximate surface area is 139 Å². The van der Waals surface area contributed by atoms with Crippen LogP contribution >= 0.6 is 0 Å². The van der Waals surface area contributed by atoms with Crippen LogP contribution in [0.5, 0.6) is 11.5 Å². The molecule has 1 saturated heterocycles. The summed E-state index contributed by atoms with van der Waals surface area (Å²) in [7, 11) is 0. The quantitative estimate of drug-likeness (QED) is 0.876. The van der Waals surface area contributed by atoms with Crippen LogP contribution in [-0.2, 0) is 6.42 Å². The normalized spacial score (nSPS) is 24.7. The molecule has 0 bridgehead atoms. The number of aromatic hydroxyl groups is 1. The third-order valence-corrected chi connectivity index (χ3v) is 5.17. The van der Waals surface area contributed by atoms with Crippen molar-refractivity contribution in [1.82, 2.24) is 10.2 Å². The smallest absolute Gasteiger partial charge is 0.161 e. The minimum absolute atomic E-state index is 0.235. The van der Waals surface area contributed by atoms with E-state index in [1.54, 1.807) is 6.07 Å². The van der Waals surface area contributed by atoms with Crippen LogP contribution in [0, 0.1) is 5.41 Å². The van der Waals surface area contributed by atoms with Crippen LogP contribution in [0.15, 0.2) is 18.2 Å². The van der Waals surface area contributed by atoms with Gasteiger partial charge in [-0.05, 0) is 48.8 Å². The monoisotopic (exact) mass is 318 g/mol. The molecule has 1 atom stereocenters. The summed E-state index contributed by atoms with van der Waals surface area (Å²) < 4.78 is 6.10. The fourth-order valence-electron chi connectivity index (χ4n) is 3.68. The fourth-order valence-corrected chi connectivity index (χ4v) is 3.68. The van der Waals surface area contributed by atoms with Gasteiger partial charge in [0.15, 0.2) is 11.5 Å². The summed E-state index contributed by atoms with van der Waals surface area (Å²) in [6.45, 7) is 10.1. The zero-order chi connectivity index (χ0) is 16.3. The van der Waals surface area contributed by atoms with Crippen molar-refractivity contribution in [2.45, 2.75) is 45.6 Å². The van der Waals surface area contributed by atoms with E-state index < -0.39 is 0 Å². The van der Waals surface area contributed by atoms with Crippen molar-refractivity contribution in [3.8, 4) is 11.5 Å². The van der Waals surface area contributed by atoms with E-state index in [1.165, 1.54) is 12.0 Å². The first-order valence-corrected chi connectivity index (χ1v) is 8.93. The maximum absolute atomic E-state index is 10.1. The summed E-state index contributed by atoms with van der Waals surface area (Å²) >= 11 is 0. The largest absolute Gasteiger partial charge is 0.504 e. The highest BCUT2D eigenvalue weighted by atomic mass is 16.5. The van der Waals surface area contributed by atoms with Crippen LogP contribution in [-0.4, -0.2) is 48.8 Å². The summed E-state index contributed by atoms with van der Waals surface area (Å²) in [6, 6.07) is 5.83. The highest BCUT2D eigenvalue weighted by Crippen LogP contribution is 2.40. The summed E-state index contributed by atoms with van der Waals surface area (Å²) in [4.78, 5) is 2.49. The van der Waals surface area contributed by atoms with Crippen molar-refractivity contribution in [1.29, 1.82) is 0 Å². The second-order valence-electron chi connectivity index (χ2n) is 7.79. The Morgan fingerprint density at radius 3 is 2.78 bits per heavy atom. The van der Waals surface area contributed by atoms with E-state index in [0.29, 0.717) is 11.2 Å². The number of piperazine rings is 1. The molecule has 1 heterocycles. The summed E-state index contributed by atoms with van der Waals surface area (Å²) in [5.41, 5.74) is 1.61. The molecular formula is C19H30N2O2. The van der Waals surface area contributed by atoms with Gasteiger partial charge in [0.05, 0.1) is 6.10 Å². The molecule has 2 aliphatic rings. The van der Waals surface area contributed by atoms with Gasteiger partial charge in [-0.15, -0.1) is 0 Å². The fraction of sp³-hybridized carbons (Fsp3) is 0.684. The summed E-state index contributed by atoms with van der Waals surface area (Å²) in [6.07, 6.45) is 4.59. The highest BCUT2D eigenvalue weighted by molar-refractivity contribution is 5.42. The van der Waals surface area contributed by atoms with Crippen molar-refractivity contribution >= 4 is 0 Å². The van der Waals surface area contributed by atoms with Crippen LogP contribution < -0.4 is 10.1 Å². The molecule has 4 heteroatoms. The minimum Gasteiger partial charge on any atom is -0.504 e. The van der Waals surface area contributed by atoms with Gasteiger partial charge in [-0.25, -0.2) is 0 Å². The lowest BCUT2D eigenvalue weighted by atomic mass is 9.92. The predicted molar refractivity (Wildman–Crippen MR) is 93.2 cm³/mol. The molecule has 128 valence electrons. The van der Waals surface area contributed by atoms with Crippen LogP contribution in [0.4, 0.5) is 0 Å². The van der Waals surface area contributed by atoms with Gasteiger partial charge < -0.3 is 20.1 Å². The zero-order valence-corrected chi connectivity index (χ0v) is 14.5. The summed E-state index contributed by atoms with van der Waals surface area (Å²) in [5.74, 6) is 0.922. The Morgan fingerprint density at radius 1 is 1.30 bits per heavy atom. The average molecular weight is 318 g/mol. The van der Waals surface area contributed by atoms with Gasteiger partial charge in [0, 0.05) is 32.7 Å². The molecule has 1 aromatic carbocycles. The van der Waals surface area contributed by atoms with Gasteiger partial charge in [-0.2, -0.15) is 0 Å². The minimum atomic E-state index is 0.235. The lowest BCUT2D eigenvalue weighted by Crippen LogP contribution is -2.44. The molecule has 1 unspecified atom stereocenters. The Kier molecular flexibility index (Phi) is 5.12. The molecule has 1 saturated carbocycles. The standard InChI is InChI=1S/C19H30N2O2/c1-19(2)7-5-16(14-19)23-18-13-15(3-4-17(18)22)6-10-21-11-8-20-9-12-21/h3-4,13,16,20,22H,5-12,14H2,1-2H3. The number of ether oxygens (including phenoxy) is 1. The molecule has 4 nitrogen and oxygen atoms in total. The molecule has 0 radical (unpaired) electrons. The Morgan fingerprint density at radius 2 is 2.09 bits per heavy atom. The first-order valence-electron chi connectivity index (χ1n) is 8.93. The number of nitrogens with one attached hydrogen (secondary N) is 1. The molecule has 1 aliphatic heterocycles. The van der Waals surface area contributed by atoms with Crippen molar-refractivity contribution in [3.05, 3.63) is 23.8 Å². The van der Waals surface area contributed by atoms with Gasteiger partial charge in [0.2, 0.25) is 0 Å². The molecule has 0 spiro atoms. The van der Waals surface area contributed by atoms with Crippen molar-refractivity contribution in [2.24, 2.45) is 5.41 Å². The van der Waals surface area contributed by atoms with Gasteiger partial charge in [-0.1, -0.05) is 19.9 Å². The Bertz CT molecular complexity index is 524. The molecule has 2 N–H and O–H groups in total. The third kappa shape index (κ3) is 4.61. The Balaban J connectivity index is 1.57. The van der Waals surface area contributed by atoms with Gasteiger partial charge in [0.25, 0.3) is 0 Å². The first kappa shape index (κ1) is 16.6. The van der Waals surface area contributed by atoms with Crippen molar-refractivity contribution in [3.63, 3.8) is 0 Å². The van der Waals surface area contributed by atoms with E-state index >= 15 is 0 Å². The number of benzene rings is 1. The van der Waals surface area contributed by atoms with Gasteiger partial charge in [0.1, 0.15) is 0 Å². The predicted octanol–water partition coefficient (Wildman–Crippen LogP) is 2.80. The molecular weight excluding hydrogens is 288 g/mol. The molecule has 1 aromatic rings. The average Bonchev–Trinajstić information content (AvgIpc) is 2.88. The van der Waals surface area contributed by atoms with E-state index in [0.717, 1.165) is 52.0 Å². The molecule has 1 aliphatic carbocycles. The summed E-state index contributed by atoms with van der Waals surface area (Å²) in [5, 5.41) is 13.5. The Hall–Kier alpha value is -1.26. The lowest BCUT2D eigenvalue weighted by Gasteiger charge is -2.27. The topological polar surface area (TPSA) is 44.7 Å². The van der Waals surface area contributed by atoms with Crippen LogP contribution in [0.3, 0.4) is 0 Å². The zero-order valence-electron chi connectivity index (χ0n) is 14.5. The van der Waals surface area contributed by atoms with E-state index in [4.69, 9.17) is 4.74 Å². The van der Waals surface area contributed by atoms with Crippen LogP contribution in [0.25, 0.3) is 0 Å². The molecule has 2 fully saturated rings. The van der Waals surface area contributed by atoms with E-state index in [-0.39, 0.29) is 11.9 Å². The molecule has 0 aromatic heterocycles. The number of phenolic OH excluding ortho intramolecular Hbond substituents is 1.